The van der Waals surface area contributed by atoms with Crippen LogP contribution in [0.25, 0.3) is 33.4 Å². The fourth-order valence-electron chi connectivity index (χ4n) is 11.7. The van der Waals surface area contributed by atoms with E-state index in [9.17, 15) is 0 Å². The summed E-state index contributed by atoms with van der Waals surface area (Å²) in [5, 5.41) is 0. The van der Waals surface area contributed by atoms with Crippen molar-refractivity contribution in [2.75, 3.05) is 9.71 Å². The Morgan fingerprint density at radius 2 is 1.02 bits per heavy atom. The molecule has 0 saturated heterocycles. The lowest BCUT2D eigenvalue weighted by molar-refractivity contribution is 0.661. The molecule has 0 N–H and O–H groups in total. The van der Waals surface area contributed by atoms with Crippen molar-refractivity contribution in [2.45, 2.75) is 31.6 Å². The number of rotatable bonds is 1. The molecule has 0 saturated carbocycles. The van der Waals surface area contributed by atoms with Crippen LogP contribution in [0.3, 0.4) is 0 Å². The molecular formula is C53H37BN2. The highest BCUT2D eigenvalue weighted by Crippen LogP contribution is 2.65. The van der Waals surface area contributed by atoms with E-state index in [1.54, 1.807) is 0 Å². The molecule has 8 aromatic carbocycles. The van der Waals surface area contributed by atoms with Crippen molar-refractivity contribution in [1.29, 1.82) is 0 Å². The fraction of sp³-hybridized carbons (Fsp3) is 0.0943. The lowest BCUT2D eigenvalue weighted by atomic mass is 9.42. The third-order valence-corrected chi connectivity index (χ3v) is 13.8. The van der Waals surface area contributed by atoms with Crippen LogP contribution in [-0.4, -0.2) is 6.85 Å². The van der Waals surface area contributed by atoms with E-state index in [-0.39, 0.29) is 12.3 Å². The highest BCUT2D eigenvalue weighted by atomic mass is 15.2. The van der Waals surface area contributed by atoms with Gasteiger partial charge in [-0.05, 0) is 115 Å². The molecule has 0 amide bonds. The summed E-state index contributed by atoms with van der Waals surface area (Å²) < 4.78 is 0. The molecular weight excluding hydrogens is 675 g/mol. The normalized spacial score (nSPS) is 15.9. The minimum Gasteiger partial charge on any atom is -0.376 e. The summed E-state index contributed by atoms with van der Waals surface area (Å²) in [6, 6.07) is 64.8. The summed E-state index contributed by atoms with van der Waals surface area (Å²) in [6.45, 7) is 7.05. The number of nitrogens with zero attached hydrogens (tertiary/aromatic N) is 2. The van der Waals surface area contributed by atoms with Gasteiger partial charge in [-0.15, -0.1) is 0 Å². The van der Waals surface area contributed by atoms with Crippen molar-refractivity contribution in [1.82, 2.24) is 0 Å². The molecule has 8 aromatic rings. The molecule has 1 spiro atoms. The van der Waals surface area contributed by atoms with Gasteiger partial charge in [-0.2, -0.15) is 0 Å². The minimum absolute atomic E-state index is 0.0422. The van der Waals surface area contributed by atoms with Gasteiger partial charge in [0.2, 0.25) is 0 Å². The first kappa shape index (κ1) is 30.7. The quantitative estimate of drug-likeness (QED) is 0.156. The summed E-state index contributed by atoms with van der Waals surface area (Å²) in [6.07, 6.45) is 0. The van der Waals surface area contributed by atoms with Crippen molar-refractivity contribution in [3.63, 3.8) is 0 Å². The Kier molecular flexibility index (Phi) is 5.69. The van der Waals surface area contributed by atoms with Gasteiger partial charge in [0, 0.05) is 39.4 Å². The number of benzene rings is 8. The minimum atomic E-state index is -0.453. The predicted octanol–water partition coefficient (Wildman–Crippen LogP) is 11.7. The first-order valence-electron chi connectivity index (χ1n) is 20.0. The Labute approximate surface area is 328 Å². The Morgan fingerprint density at radius 3 is 1.75 bits per heavy atom. The van der Waals surface area contributed by atoms with Crippen LogP contribution in [0.4, 0.5) is 28.4 Å². The van der Waals surface area contributed by atoms with E-state index in [2.05, 4.69) is 200 Å². The lowest BCUT2D eigenvalue weighted by Gasteiger charge is -2.52. The molecule has 2 nitrogen and oxygen atoms in total. The second kappa shape index (κ2) is 10.4. The Balaban J connectivity index is 1.19. The van der Waals surface area contributed by atoms with Gasteiger partial charge >= 0.3 is 6.85 Å². The summed E-state index contributed by atoms with van der Waals surface area (Å²) in [7, 11) is 0. The molecule has 3 heterocycles. The Morgan fingerprint density at radius 1 is 0.429 bits per heavy atom. The van der Waals surface area contributed by atoms with E-state index in [0.717, 1.165) is 0 Å². The monoisotopic (exact) mass is 712 g/mol. The zero-order valence-corrected chi connectivity index (χ0v) is 31.6. The number of hydrogen-bond donors (Lipinski definition) is 0. The molecule has 0 atom stereocenters. The summed E-state index contributed by atoms with van der Waals surface area (Å²) in [5.41, 5.74) is 26.0. The van der Waals surface area contributed by atoms with Crippen LogP contribution in [0.5, 0.6) is 0 Å². The van der Waals surface area contributed by atoms with Crippen molar-refractivity contribution in [2.24, 2.45) is 0 Å². The van der Waals surface area contributed by atoms with Crippen molar-refractivity contribution in [3.05, 3.63) is 209 Å². The van der Waals surface area contributed by atoms with Crippen molar-refractivity contribution in [3.8, 4) is 33.4 Å². The maximum Gasteiger partial charge on any atom is 0.333 e. The molecule has 5 aliphatic rings. The van der Waals surface area contributed by atoms with Crippen molar-refractivity contribution >= 4 is 46.2 Å². The number of aryl methyl sites for hydroxylation is 1. The van der Waals surface area contributed by atoms with Crippen LogP contribution in [0.15, 0.2) is 170 Å². The molecule has 0 radical (unpaired) electrons. The first-order chi connectivity index (χ1) is 27.5. The smallest absolute Gasteiger partial charge is 0.333 e. The number of hydrogen-bond acceptors (Lipinski definition) is 2. The maximum atomic E-state index is 2.75. The first-order valence-corrected chi connectivity index (χ1v) is 20.0. The third kappa shape index (κ3) is 3.48. The highest BCUT2D eigenvalue weighted by molar-refractivity contribution is 6.93. The molecule has 0 unspecified atom stereocenters. The molecule has 13 rings (SSSR count). The van der Waals surface area contributed by atoms with Crippen LogP contribution in [0.1, 0.15) is 52.8 Å². The van der Waals surface area contributed by atoms with Crippen LogP contribution in [0, 0.1) is 6.92 Å². The average Bonchev–Trinajstić information content (AvgIpc) is 3.65. The van der Waals surface area contributed by atoms with E-state index in [0.29, 0.717) is 0 Å². The van der Waals surface area contributed by atoms with Gasteiger partial charge in [0.1, 0.15) is 0 Å². The second-order valence-electron chi connectivity index (χ2n) is 16.9. The topological polar surface area (TPSA) is 6.48 Å². The van der Waals surface area contributed by atoms with E-state index >= 15 is 0 Å². The third-order valence-electron chi connectivity index (χ3n) is 13.8. The van der Waals surface area contributed by atoms with Gasteiger partial charge in [-0.3, -0.25) is 0 Å². The highest BCUT2D eigenvalue weighted by Gasteiger charge is 2.56. The molecule has 0 fully saturated rings. The maximum absolute atomic E-state index is 2.75. The van der Waals surface area contributed by atoms with Gasteiger partial charge in [-0.1, -0.05) is 153 Å². The summed E-state index contributed by atoms with van der Waals surface area (Å²) in [5.74, 6) is 0. The number of fused-ring (bicyclic) bond motifs is 16. The Bertz CT molecular complexity index is 3000. The van der Waals surface area contributed by atoms with Gasteiger partial charge in [0.15, 0.2) is 0 Å². The SMILES string of the molecule is Cc1cc2c3c(c1)N(c1ccccc1)c1cc4c(cc1B3N1c3ccccc3C3(c5ccccc5-c5ccccc53)c3cccc-2c31)C(C)(C)c1ccccc1-4. The van der Waals surface area contributed by atoms with Crippen LogP contribution >= 0.6 is 0 Å². The van der Waals surface area contributed by atoms with Crippen LogP contribution in [-0.2, 0) is 10.8 Å². The molecule has 2 aliphatic carbocycles. The number of anilines is 5. The fourth-order valence-corrected chi connectivity index (χ4v) is 11.7. The van der Waals surface area contributed by atoms with E-state index in [1.807, 2.05) is 0 Å². The molecule has 262 valence electrons. The molecule has 0 bridgehead atoms. The molecule has 56 heavy (non-hydrogen) atoms. The van der Waals surface area contributed by atoms with E-state index < -0.39 is 5.41 Å². The van der Waals surface area contributed by atoms with Gasteiger partial charge in [0.05, 0.1) is 5.41 Å². The van der Waals surface area contributed by atoms with Crippen LogP contribution < -0.4 is 20.6 Å². The standard InChI is InChI=1S/C53H37BN2/c1-32-28-39-37-21-15-26-44-51(37)56(47-27-14-13-25-43(47)53(44)41-23-11-8-18-34(41)35-19-9-12-24-42(35)53)54-46-31-45-38(36-20-7-10-22-40(36)52(45,2)3)30-48(46)55(49(29-32)50(39)54)33-16-5-4-6-17-33/h4-31H,1-3H3. The Hall–Kier alpha value is -6.58. The van der Waals surface area contributed by atoms with E-state index in [4.69, 9.17) is 0 Å². The second-order valence-corrected chi connectivity index (χ2v) is 16.9. The lowest BCUT2D eigenvalue weighted by Crippen LogP contribution is -2.63. The molecule has 0 aromatic heterocycles. The molecule has 3 aliphatic heterocycles. The van der Waals surface area contributed by atoms with Crippen LogP contribution in [0.2, 0.25) is 0 Å². The van der Waals surface area contributed by atoms with Gasteiger partial charge < -0.3 is 9.71 Å². The van der Waals surface area contributed by atoms with Gasteiger partial charge in [-0.25, -0.2) is 0 Å². The largest absolute Gasteiger partial charge is 0.376 e. The zero-order valence-electron chi connectivity index (χ0n) is 31.6. The van der Waals surface area contributed by atoms with Crippen molar-refractivity contribution < 1.29 is 0 Å². The van der Waals surface area contributed by atoms with E-state index in [1.165, 1.54) is 112 Å². The summed E-state index contributed by atoms with van der Waals surface area (Å²) >= 11 is 0. The predicted molar refractivity (Wildman–Crippen MR) is 233 cm³/mol. The average molecular weight is 713 g/mol. The number of para-hydroxylation sites is 3. The van der Waals surface area contributed by atoms with Gasteiger partial charge in [0.25, 0.3) is 0 Å². The molecule has 3 heteroatoms. The summed E-state index contributed by atoms with van der Waals surface area (Å²) in [4.78, 5) is 5.31. The zero-order chi connectivity index (χ0) is 37.1.